The van der Waals surface area contributed by atoms with Crippen LogP contribution < -0.4 is 0 Å². The summed E-state index contributed by atoms with van der Waals surface area (Å²) in [7, 11) is 2.16. The molecule has 2 aliphatic heterocycles. The Balaban J connectivity index is 1.68. The van der Waals surface area contributed by atoms with E-state index in [4.69, 9.17) is 9.72 Å². The van der Waals surface area contributed by atoms with Crippen LogP contribution in [-0.4, -0.2) is 43.2 Å². The summed E-state index contributed by atoms with van der Waals surface area (Å²) in [6.07, 6.45) is 1.95. The van der Waals surface area contributed by atoms with Gasteiger partial charge in [-0.15, -0.1) is 11.3 Å². The lowest BCUT2D eigenvalue weighted by Crippen LogP contribution is -2.43. The Morgan fingerprint density at radius 1 is 1.67 bits per heavy atom. The first-order valence-corrected chi connectivity index (χ1v) is 7.21. The molecule has 0 bridgehead atoms. The highest BCUT2D eigenvalue weighted by atomic mass is 32.1. The first-order valence-electron chi connectivity index (χ1n) is 6.33. The number of thiazole rings is 1. The fourth-order valence-electron chi connectivity index (χ4n) is 2.61. The smallest absolute Gasteiger partial charge is 0.110 e. The van der Waals surface area contributed by atoms with Crippen LogP contribution in [0.2, 0.25) is 0 Å². The maximum atomic E-state index is 9.19. The van der Waals surface area contributed by atoms with Crippen LogP contribution >= 0.6 is 11.3 Å². The SMILES string of the molecule is CN1CCC(c2csc(CC3(C#N)COC3)n2)C1. The fraction of sp³-hybridized carbons (Fsp3) is 0.692. The van der Waals surface area contributed by atoms with Crippen molar-refractivity contribution in [2.45, 2.75) is 18.8 Å². The molecule has 2 fully saturated rings. The number of rotatable bonds is 3. The van der Waals surface area contributed by atoms with Gasteiger partial charge in [0, 0.05) is 24.3 Å². The Hall–Kier alpha value is -0.960. The molecular formula is C13H17N3OS. The molecule has 0 aromatic carbocycles. The lowest BCUT2D eigenvalue weighted by molar-refractivity contribution is -0.0765. The molecule has 2 aliphatic rings. The van der Waals surface area contributed by atoms with Gasteiger partial charge in [-0.1, -0.05) is 0 Å². The molecular weight excluding hydrogens is 246 g/mol. The molecule has 4 nitrogen and oxygen atoms in total. The molecule has 18 heavy (non-hydrogen) atoms. The van der Waals surface area contributed by atoms with Crippen molar-refractivity contribution in [3.8, 4) is 6.07 Å². The van der Waals surface area contributed by atoms with E-state index < -0.39 is 0 Å². The second-order valence-corrected chi connectivity index (χ2v) is 6.42. The maximum Gasteiger partial charge on any atom is 0.110 e. The van der Waals surface area contributed by atoms with E-state index in [0.717, 1.165) is 24.5 Å². The number of likely N-dealkylation sites (tertiary alicyclic amines) is 1. The van der Waals surface area contributed by atoms with E-state index in [1.165, 1.54) is 12.1 Å². The normalized spacial score (nSPS) is 26.8. The summed E-state index contributed by atoms with van der Waals surface area (Å²) in [6, 6.07) is 2.38. The van der Waals surface area contributed by atoms with Crippen molar-refractivity contribution in [2.24, 2.45) is 5.41 Å². The monoisotopic (exact) mass is 263 g/mol. The Labute approximate surface area is 111 Å². The van der Waals surface area contributed by atoms with Crippen molar-refractivity contribution in [1.82, 2.24) is 9.88 Å². The summed E-state index contributed by atoms with van der Waals surface area (Å²) in [5, 5.41) is 12.4. The van der Waals surface area contributed by atoms with Crippen LogP contribution in [0.1, 0.15) is 23.0 Å². The minimum absolute atomic E-state index is 0.304. The van der Waals surface area contributed by atoms with Crippen molar-refractivity contribution in [2.75, 3.05) is 33.4 Å². The molecule has 0 radical (unpaired) electrons. The molecule has 0 N–H and O–H groups in total. The number of ether oxygens (including phenoxy) is 1. The summed E-state index contributed by atoms with van der Waals surface area (Å²) in [6.45, 7) is 3.39. The van der Waals surface area contributed by atoms with Gasteiger partial charge in [-0.2, -0.15) is 5.26 Å². The molecule has 1 aromatic rings. The van der Waals surface area contributed by atoms with Crippen molar-refractivity contribution in [3.63, 3.8) is 0 Å². The molecule has 96 valence electrons. The van der Waals surface area contributed by atoms with Gasteiger partial charge >= 0.3 is 0 Å². The molecule has 1 aromatic heterocycles. The first kappa shape index (κ1) is 12.1. The molecule has 0 amide bonds. The predicted octanol–water partition coefficient (Wildman–Crippen LogP) is 1.64. The zero-order chi connectivity index (χ0) is 12.6. The number of hydrogen-bond acceptors (Lipinski definition) is 5. The summed E-state index contributed by atoms with van der Waals surface area (Å²) >= 11 is 1.69. The average Bonchev–Trinajstić information content (AvgIpc) is 2.92. The molecule has 0 spiro atoms. The van der Waals surface area contributed by atoms with Gasteiger partial charge in [0.2, 0.25) is 0 Å². The number of nitrogens with zero attached hydrogens (tertiary/aromatic N) is 3. The predicted molar refractivity (Wildman–Crippen MR) is 69.5 cm³/mol. The molecule has 2 saturated heterocycles. The van der Waals surface area contributed by atoms with Crippen LogP contribution in [0.25, 0.3) is 0 Å². The second-order valence-electron chi connectivity index (χ2n) is 5.48. The second kappa shape index (κ2) is 4.61. The standard InChI is InChI=1S/C13H17N3OS/c1-16-3-2-10(5-16)11-6-18-12(15-11)4-13(7-14)8-17-9-13/h6,10H,2-5,8-9H2,1H3. The van der Waals surface area contributed by atoms with Gasteiger partial charge in [0.1, 0.15) is 5.41 Å². The van der Waals surface area contributed by atoms with Crippen LogP contribution in [0.4, 0.5) is 0 Å². The number of likely N-dealkylation sites (N-methyl/N-ethyl adjacent to an activating group) is 1. The van der Waals surface area contributed by atoms with Crippen molar-refractivity contribution >= 4 is 11.3 Å². The highest BCUT2D eigenvalue weighted by Gasteiger charge is 2.40. The van der Waals surface area contributed by atoms with E-state index >= 15 is 0 Å². The van der Waals surface area contributed by atoms with Crippen LogP contribution in [0.3, 0.4) is 0 Å². The third-order valence-corrected chi connectivity index (χ3v) is 4.73. The lowest BCUT2D eigenvalue weighted by Gasteiger charge is -2.34. The number of aromatic nitrogens is 1. The van der Waals surface area contributed by atoms with Gasteiger partial charge in [-0.25, -0.2) is 4.98 Å². The van der Waals surface area contributed by atoms with E-state index in [1.807, 2.05) is 0 Å². The fourth-order valence-corrected chi connectivity index (χ4v) is 3.63. The molecule has 3 rings (SSSR count). The number of nitriles is 1. The van der Waals surface area contributed by atoms with Gasteiger partial charge < -0.3 is 9.64 Å². The quantitative estimate of drug-likeness (QED) is 0.832. The Morgan fingerprint density at radius 2 is 2.50 bits per heavy atom. The lowest BCUT2D eigenvalue weighted by atomic mass is 9.84. The van der Waals surface area contributed by atoms with E-state index in [0.29, 0.717) is 19.1 Å². The van der Waals surface area contributed by atoms with Crippen LogP contribution in [0.5, 0.6) is 0 Å². The molecule has 3 heterocycles. The summed E-state index contributed by atoms with van der Waals surface area (Å²) in [5.41, 5.74) is 0.911. The first-order chi connectivity index (χ1) is 8.71. The molecule has 5 heteroatoms. The van der Waals surface area contributed by atoms with Crippen LogP contribution in [-0.2, 0) is 11.2 Å². The summed E-state index contributed by atoms with van der Waals surface area (Å²) in [4.78, 5) is 7.07. The summed E-state index contributed by atoms with van der Waals surface area (Å²) in [5.74, 6) is 0.579. The van der Waals surface area contributed by atoms with Gasteiger partial charge in [-0.3, -0.25) is 0 Å². The Bertz CT molecular complexity index is 475. The van der Waals surface area contributed by atoms with Gasteiger partial charge in [0.25, 0.3) is 0 Å². The maximum absolute atomic E-state index is 9.19. The highest BCUT2D eigenvalue weighted by Crippen LogP contribution is 2.33. The van der Waals surface area contributed by atoms with E-state index in [2.05, 4.69) is 23.4 Å². The molecule has 1 unspecified atom stereocenters. The summed E-state index contributed by atoms with van der Waals surface area (Å²) < 4.78 is 5.17. The molecule has 0 saturated carbocycles. The van der Waals surface area contributed by atoms with Crippen molar-refractivity contribution in [3.05, 3.63) is 16.1 Å². The minimum Gasteiger partial charge on any atom is -0.378 e. The highest BCUT2D eigenvalue weighted by molar-refractivity contribution is 7.09. The zero-order valence-corrected chi connectivity index (χ0v) is 11.4. The van der Waals surface area contributed by atoms with Crippen molar-refractivity contribution in [1.29, 1.82) is 5.26 Å². The Kier molecular flexibility index (Phi) is 3.10. The average molecular weight is 263 g/mol. The van der Waals surface area contributed by atoms with Crippen LogP contribution in [0.15, 0.2) is 5.38 Å². The number of hydrogen-bond donors (Lipinski definition) is 0. The molecule has 0 aliphatic carbocycles. The largest absolute Gasteiger partial charge is 0.378 e. The van der Waals surface area contributed by atoms with E-state index in [-0.39, 0.29) is 5.41 Å². The van der Waals surface area contributed by atoms with Gasteiger partial charge in [0.15, 0.2) is 0 Å². The third-order valence-electron chi connectivity index (χ3n) is 3.86. The van der Waals surface area contributed by atoms with Gasteiger partial charge in [0.05, 0.1) is 30.0 Å². The van der Waals surface area contributed by atoms with Crippen LogP contribution in [0, 0.1) is 16.7 Å². The third kappa shape index (κ3) is 2.16. The Morgan fingerprint density at radius 3 is 3.06 bits per heavy atom. The topological polar surface area (TPSA) is 49.2 Å². The zero-order valence-electron chi connectivity index (χ0n) is 10.6. The van der Waals surface area contributed by atoms with E-state index in [1.54, 1.807) is 11.3 Å². The minimum atomic E-state index is -0.304. The molecule has 1 atom stereocenters. The van der Waals surface area contributed by atoms with Gasteiger partial charge in [-0.05, 0) is 20.0 Å². The van der Waals surface area contributed by atoms with Crippen molar-refractivity contribution < 1.29 is 4.74 Å². The van der Waals surface area contributed by atoms with E-state index in [9.17, 15) is 5.26 Å².